The van der Waals surface area contributed by atoms with E-state index < -0.39 is 0 Å². The molecule has 2 N–H and O–H groups in total. The molecule has 2 aliphatic rings. The van der Waals surface area contributed by atoms with Crippen LogP contribution in [0.2, 0.25) is 0 Å². The second-order valence-corrected chi connectivity index (χ2v) is 8.26. The molecule has 4 rings (SSSR count). The number of rotatable bonds is 6. The summed E-state index contributed by atoms with van der Waals surface area (Å²) >= 11 is 0. The highest BCUT2D eigenvalue weighted by Crippen LogP contribution is 2.35. The van der Waals surface area contributed by atoms with E-state index in [1.54, 1.807) is 4.68 Å². The minimum Gasteiger partial charge on any atom is -0.371 e. The maximum Gasteiger partial charge on any atom is 0.272 e. The van der Waals surface area contributed by atoms with Crippen LogP contribution in [0.4, 0.5) is 5.69 Å². The Balaban J connectivity index is 1.39. The Kier molecular flexibility index (Phi) is 5.30. The fraction of sp³-hybridized carbons (Fsp3) is 0.500. The molecule has 2 atom stereocenters. The largest absolute Gasteiger partial charge is 0.371 e. The number of benzene rings is 1. The maximum absolute atomic E-state index is 13.0. The summed E-state index contributed by atoms with van der Waals surface area (Å²) in [5.41, 5.74) is 9.19. The minimum absolute atomic E-state index is 0.0989. The number of aromatic nitrogens is 2. The molecule has 0 bridgehead atoms. The van der Waals surface area contributed by atoms with Crippen molar-refractivity contribution >= 4 is 17.5 Å². The zero-order chi connectivity index (χ0) is 20.5. The number of nitrogens with two attached hydrogens (primary N) is 1. The van der Waals surface area contributed by atoms with Gasteiger partial charge in [-0.3, -0.25) is 14.3 Å². The number of likely N-dealkylation sites (tertiary alicyclic amines) is 1. The number of carbonyl (C=O) groups is 2. The Morgan fingerprint density at radius 1 is 1.14 bits per heavy atom. The van der Waals surface area contributed by atoms with E-state index in [0.29, 0.717) is 36.9 Å². The molecule has 154 valence electrons. The summed E-state index contributed by atoms with van der Waals surface area (Å²) in [5.74, 6) is 0.817. The SMILES string of the molecule is CCn1nc(C)cc1C(=O)N1CC2CN(c3cccc(CCC(N)=O)c3)CC2C1. The van der Waals surface area contributed by atoms with E-state index in [-0.39, 0.29) is 11.8 Å². The maximum atomic E-state index is 13.0. The molecule has 2 fully saturated rings. The van der Waals surface area contributed by atoms with Crippen LogP contribution in [0.5, 0.6) is 0 Å². The highest BCUT2D eigenvalue weighted by Gasteiger charge is 2.42. The van der Waals surface area contributed by atoms with E-state index in [1.165, 1.54) is 5.69 Å². The van der Waals surface area contributed by atoms with E-state index in [4.69, 9.17) is 5.73 Å². The molecule has 0 aliphatic carbocycles. The van der Waals surface area contributed by atoms with Crippen LogP contribution in [0.1, 0.15) is 35.1 Å². The summed E-state index contributed by atoms with van der Waals surface area (Å²) in [5, 5.41) is 4.41. The van der Waals surface area contributed by atoms with Gasteiger partial charge in [-0.05, 0) is 44.0 Å². The normalized spacial score (nSPS) is 20.9. The summed E-state index contributed by atoms with van der Waals surface area (Å²) < 4.78 is 1.80. The first-order chi connectivity index (χ1) is 13.9. The van der Waals surface area contributed by atoms with E-state index in [2.05, 4.69) is 22.1 Å². The van der Waals surface area contributed by atoms with Gasteiger partial charge in [-0.2, -0.15) is 5.10 Å². The number of carbonyl (C=O) groups excluding carboxylic acids is 2. The van der Waals surface area contributed by atoms with E-state index in [9.17, 15) is 9.59 Å². The molecule has 2 saturated heterocycles. The highest BCUT2D eigenvalue weighted by atomic mass is 16.2. The van der Waals surface area contributed by atoms with E-state index in [0.717, 1.165) is 37.4 Å². The van der Waals surface area contributed by atoms with Gasteiger partial charge in [0.25, 0.3) is 5.91 Å². The molecule has 7 heteroatoms. The first-order valence-electron chi connectivity index (χ1n) is 10.4. The van der Waals surface area contributed by atoms with Crippen molar-refractivity contribution in [1.82, 2.24) is 14.7 Å². The zero-order valence-electron chi connectivity index (χ0n) is 17.2. The number of hydrogen-bond acceptors (Lipinski definition) is 4. The standard InChI is InChI=1S/C22H29N5O2/c1-3-27-20(9-15(2)24-27)22(29)26-13-17-11-25(12-18(17)14-26)19-6-4-5-16(10-19)7-8-21(23)28/h4-6,9-10,17-18H,3,7-8,11-14H2,1-2H3,(H2,23,28). The number of hydrogen-bond donors (Lipinski definition) is 1. The first-order valence-corrected chi connectivity index (χ1v) is 10.4. The number of amides is 2. The van der Waals surface area contributed by atoms with E-state index >= 15 is 0 Å². The van der Waals surface area contributed by atoms with Gasteiger partial charge < -0.3 is 15.5 Å². The number of nitrogens with zero attached hydrogens (tertiary/aromatic N) is 4. The third-order valence-electron chi connectivity index (χ3n) is 6.13. The molecule has 29 heavy (non-hydrogen) atoms. The van der Waals surface area contributed by atoms with Gasteiger partial charge in [0.1, 0.15) is 5.69 Å². The quantitative estimate of drug-likeness (QED) is 0.809. The lowest BCUT2D eigenvalue weighted by Gasteiger charge is -2.24. The van der Waals surface area contributed by atoms with Gasteiger partial charge >= 0.3 is 0 Å². The van der Waals surface area contributed by atoms with Crippen molar-refractivity contribution in [1.29, 1.82) is 0 Å². The van der Waals surface area contributed by atoms with Gasteiger partial charge in [0.05, 0.1) is 5.69 Å². The molecular formula is C22H29N5O2. The second kappa shape index (κ2) is 7.89. The molecule has 0 spiro atoms. The zero-order valence-corrected chi connectivity index (χ0v) is 17.2. The lowest BCUT2D eigenvalue weighted by Crippen LogP contribution is -2.34. The van der Waals surface area contributed by atoms with Gasteiger partial charge in [0, 0.05) is 56.7 Å². The van der Waals surface area contributed by atoms with Crippen LogP contribution < -0.4 is 10.6 Å². The van der Waals surface area contributed by atoms with Crippen LogP contribution in [-0.4, -0.2) is 52.7 Å². The molecule has 3 heterocycles. The van der Waals surface area contributed by atoms with Crippen molar-refractivity contribution in [3.8, 4) is 0 Å². The predicted molar refractivity (Wildman–Crippen MR) is 112 cm³/mol. The molecule has 0 radical (unpaired) electrons. The molecule has 0 saturated carbocycles. The number of aryl methyl sites for hydroxylation is 3. The lowest BCUT2D eigenvalue weighted by atomic mass is 10.0. The Morgan fingerprint density at radius 2 is 1.86 bits per heavy atom. The van der Waals surface area contributed by atoms with Crippen LogP contribution in [0, 0.1) is 18.8 Å². The second-order valence-electron chi connectivity index (χ2n) is 8.26. The van der Waals surface area contributed by atoms with Crippen LogP contribution in [0.25, 0.3) is 0 Å². The third-order valence-corrected chi connectivity index (χ3v) is 6.13. The minimum atomic E-state index is -0.268. The highest BCUT2D eigenvalue weighted by molar-refractivity contribution is 5.93. The smallest absolute Gasteiger partial charge is 0.272 e. The molecular weight excluding hydrogens is 366 g/mol. The summed E-state index contributed by atoms with van der Waals surface area (Å²) in [6, 6.07) is 10.3. The van der Waals surface area contributed by atoms with Gasteiger partial charge in [-0.25, -0.2) is 0 Å². The van der Waals surface area contributed by atoms with Crippen LogP contribution >= 0.6 is 0 Å². The summed E-state index contributed by atoms with van der Waals surface area (Å²) in [7, 11) is 0. The Hall–Kier alpha value is -2.83. The van der Waals surface area contributed by atoms with Crippen LogP contribution in [0.15, 0.2) is 30.3 Å². The Labute approximate surface area is 171 Å². The van der Waals surface area contributed by atoms with Crippen molar-refractivity contribution in [2.45, 2.75) is 33.2 Å². The average Bonchev–Trinajstić information content (AvgIpc) is 3.38. The first kappa shape index (κ1) is 19.5. The summed E-state index contributed by atoms with van der Waals surface area (Å²) in [6.45, 7) is 8.16. The number of fused-ring (bicyclic) bond motifs is 1. The molecule has 2 aromatic rings. The Morgan fingerprint density at radius 3 is 2.52 bits per heavy atom. The van der Waals surface area contributed by atoms with Crippen molar-refractivity contribution in [3.05, 3.63) is 47.3 Å². The third kappa shape index (κ3) is 3.99. The molecule has 1 aromatic carbocycles. The lowest BCUT2D eigenvalue weighted by molar-refractivity contribution is -0.117. The topological polar surface area (TPSA) is 84.5 Å². The Bertz CT molecular complexity index is 908. The number of primary amides is 1. The molecule has 2 unspecified atom stereocenters. The van der Waals surface area contributed by atoms with Crippen molar-refractivity contribution in [2.24, 2.45) is 17.6 Å². The average molecular weight is 396 g/mol. The van der Waals surface area contributed by atoms with Crippen LogP contribution in [0.3, 0.4) is 0 Å². The molecule has 2 aliphatic heterocycles. The fourth-order valence-electron chi connectivity index (χ4n) is 4.67. The molecule has 7 nitrogen and oxygen atoms in total. The predicted octanol–water partition coefficient (Wildman–Crippen LogP) is 1.84. The number of anilines is 1. The van der Waals surface area contributed by atoms with Crippen LogP contribution in [-0.2, 0) is 17.8 Å². The van der Waals surface area contributed by atoms with Crippen molar-refractivity contribution in [3.63, 3.8) is 0 Å². The summed E-state index contributed by atoms with van der Waals surface area (Å²) in [4.78, 5) is 28.5. The van der Waals surface area contributed by atoms with Crippen molar-refractivity contribution in [2.75, 3.05) is 31.1 Å². The van der Waals surface area contributed by atoms with Gasteiger partial charge in [0.15, 0.2) is 0 Å². The van der Waals surface area contributed by atoms with Crippen molar-refractivity contribution < 1.29 is 9.59 Å². The van der Waals surface area contributed by atoms with Gasteiger partial charge in [-0.15, -0.1) is 0 Å². The van der Waals surface area contributed by atoms with Gasteiger partial charge in [-0.1, -0.05) is 12.1 Å². The molecule has 1 aromatic heterocycles. The summed E-state index contributed by atoms with van der Waals surface area (Å²) in [6.07, 6.45) is 1.05. The monoisotopic (exact) mass is 395 g/mol. The van der Waals surface area contributed by atoms with Gasteiger partial charge in [0.2, 0.25) is 5.91 Å². The fourth-order valence-corrected chi connectivity index (χ4v) is 4.67. The molecule has 2 amide bonds. The van der Waals surface area contributed by atoms with E-state index in [1.807, 2.05) is 36.9 Å².